The van der Waals surface area contributed by atoms with Crippen molar-refractivity contribution >= 4 is 32.3 Å². The minimum Gasteiger partial charge on any atom is -0.504 e. The molecule has 0 aliphatic rings. The van der Waals surface area contributed by atoms with Crippen LogP contribution < -0.4 is 4.74 Å². The lowest BCUT2D eigenvalue weighted by molar-refractivity contribution is 0.374. The molecular weight excluding hydrogens is 260 g/mol. The van der Waals surface area contributed by atoms with Crippen LogP contribution in [0.5, 0.6) is 11.5 Å². The zero-order chi connectivity index (χ0) is 14.4. The average Bonchev–Trinajstić information content (AvgIpc) is 2.54. The Morgan fingerprint density at radius 1 is 0.667 bits per heavy atom. The molecule has 0 aliphatic heterocycles. The van der Waals surface area contributed by atoms with Gasteiger partial charge in [0, 0.05) is 0 Å². The van der Waals surface area contributed by atoms with Gasteiger partial charge in [0.15, 0.2) is 11.5 Å². The van der Waals surface area contributed by atoms with Gasteiger partial charge in [0.1, 0.15) is 0 Å². The molecule has 0 aromatic heterocycles. The maximum atomic E-state index is 10.1. The van der Waals surface area contributed by atoms with E-state index in [0.717, 1.165) is 16.2 Å². The van der Waals surface area contributed by atoms with Crippen molar-refractivity contribution in [1.29, 1.82) is 0 Å². The molecular formula is C19H14O2. The standard InChI is InChI=1S/C19H14O2/c1-21-19-11-17-15-9-5-3-7-13(15)12-6-2-4-8-14(12)16(17)10-18(19)20/h2-11,20H,1H3. The van der Waals surface area contributed by atoms with Crippen LogP contribution in [0.15, 0.2) is 60.7 Å². The zero-order valence-corrected chi connectivity index (χ0v) is 11.6. The summed E-state index contributed by atoms with van der Waals surface area (Å²) in [7, 11) is 1.57. The molecule has 2 nitrogen and oxygen atoms in total. The topological polar surface area (TPSA) is 29.5 Å². The zero-order valence-electron chi connectivity index (χ0n) is 11.6. The van der Waals surface area contributed by atoms with Crippen molar-refractivity contribution in [1.82, 2.24) is 0 Å². The molecule has 2 heteroatoms. The number of aromatic hydroxyl groups is 1. The van der Waals surface area contributed by atoms with Gasteiger partial charge in [-0.1, -0.05) is 48.5 Å². The Hall–Kier alpha value is -2.74. The Morgan fingerprint density at radius 3 is 1.57 bits per heavy atom. The number of hydrogen-bond donors (Lipinski definition) is 1. The van der Waals surface area contributed by atoms with Crippen LogP contribution in [0.3, 0.4) is 0 Å². The summed E-state index contributed by atoms with van der Waals surface area (Å²) in [6, 6.07) is 20.3. The fraction of sp³-hybridized carbons (Fsp3) is 0.0526. The highest BCUT2D eigenvalue weighted by atomic mass is 16.5. The van der Waals surface area contributed by atoms with Crippen molar-refractivity contribution in [2.24, 2.45) is 0 Å². The monoisotopic (exact) mass is 274 g/mol. The van der Waals surface area contributed by atoms with E-state index in [4.69, 9.17) is 4.74 Å². The lowest BCUT2D eigenvalue weighted by atomic mass is 9.94. The molecule has 0 atom stereocenters. The molecule has 0 bridgehead atoms. The Bertz CT molecular complexity index is 987. The van der Waals surface area contributed by atoms with E-state index in [0.29, 0.717) is 5.75 Å². The summed E-state index contributed by atoms with van der Waals surface area (Å²) in [5.41, 5.74) is 0. The van der Waals surface area contributed by atoms with E-state index in [2.05, 4.69) is 30.3 Å². The summed E-state index contributed by atoms with van der Waals surface area (Å²) in [5, 5.41) is 17.0. The van der Waals surface area contributed by atoms with Gasteiger partial charge >= 0.3 is 0 Å². The third-order valence-corrected chi connectivity index (χ3v) is 4.04. The van der Waals surface area contributed by atoms with Crippen molar-refractivity contribution in [3.8, 4) is 11.5 Å². The highest BCUT2D eigenvalue weighted by molar-refractivity contribution is 6.25. The summed E-state index contributed by atoms with van der Waals surface area (Å²) in [6.07, 6.45) is 0. The molecule has 0 aliphatic carbocycles. The Balaban J connectivity index is 2.36. The van der Waals surface area contributed by atoms with Crippen LogP contribution in [0.25, 0.3) is 32.3 Å². The maximum absolute atomic E-state index is 10.1. The molecule has 21 heavy (non-hydrogen) atoms. The molecule has 0 saturated heterocycles. The summed E-state index contributed by atoms with van der Waals surface area (Å²) in [6.45, 7) is 0. The first-order valence-corrected chi connectivity index (χ1v) is 6.90. The predicted molar refractivity (Wildman–Crippen MR) is 87.2 cm³/mol. The van der Waals surface area contributed by atoms with Crippen molar-refractivity contribution in [3.63, 3.8) is 0 Å². The molecule has 4 aromatic carbocycles. The normalized spacial score (nSPS) is 11.3. The number of methoxy groups -OCH3 is 1. The minimum absolute atomic E-state index is 0.172. The van der Waals surface area contributed by atoms with Gasteiger partial charge in [-0.3, -0.25) is 0 Å². The minimum atomic E-state index is 0.172. The Morgan fingerprint density at radius 2 is 1.10 bits per heavy atom. The number of phenols is 1. The quantitative estimate of drug-likeness (QED) is 0.502. The fourth-order valence-electron chi connectivity index (χ4n) is 3.08. The molecule has 0 spiro atoms. The molecule has 0 fully saturated rings. The number of ether oxygens (including phenoxy) is 1. The highest BCUT2D eigenvalue weighted by Crippen LogP contribution is 2.40. The average molecular weight is 274 g/mol. The fourth-order valence-corrected chi connectivity index (χ4v) is 3.08. The summed E-state index contributed by atoms with van der Waals surface area (Å²) in [4.78, 5) is 0. The highest BCUT2D eigenvalue weighted by Gasteiger charge is 2.11. The number of benzene rings is 4. The molecule has 4 aromatic rings. The number of fused-ring (bicyclic) bond motifs is 6. The number of hydrogen-bond acceptors (Lipinski definition) is 2. The van der Waals surface area contributed by atoms with Crippen LogP contribution in [0, 0.1) is 0 Å². The lowest BCUT2D eigenvalue weighted by Gasteiger charge is -2.12. The Kier molecular flexibility index (Phi) is 2.51. The van der Waals surface area contributed by atoms with E-state index in [1.165, 1.54) is 16.2 Å². The van der Waals surface area contributed by atoms with E-state index in [9.17, 15) is 5.11 Å². The van der Waals surface area contributed by atoms with Crippen LogP contribution in [0.1, 0.15) is 0 Å². The molecule has 0 amide bonds. The van der Waals surface area contributed by atoms with Gasteiger partial charge in [-0.2, -0.15) is 0 Å². The van der Waals surface area contributed by atoms with Crippen molar-refractivity contribution in [2.45, 2.75) is 0 Å². The summed E-state index contributed by atoms with van der Waals surface area (Å²) < 4.78 is 5.26. The van der Waals surface area contributed by atoms with E-state index in [1.807, 2.05) is 24.3 Å². The van der Waals surface area contributed by atoms with Crippen LogP contribution in [-0.2, 0) is 0 Å². The Labute approximate surface area is 122 Å². The second-order valence-electron chi connectivity index (χ2n) is 5.16. The third kappa shape index (κ3) is 1.66. The van der Waals surface area contributed by atoms with Crippen LogP contribution in [0.2, 0.25) is 0 Å². The first-order chi connectivity index (χ1) is 10.3. The van der Waals surface area contributed by atoms with Gasteiger partial charge < -0.3 is 9.84 Å². The molecule has 0 saturated carbocycles. The molecule has 1 N–H and O–H groups in total. The van der Waals surface area contributed by atoms with Crippen molar-refractivity contribution < 1.29 is 9.84 Å². The molecule has 0 radical (unpaired) electrons. The van der Waals surface area contributed by atoms with E-state index >= 15 is 0 Å². The predicted octanol–water partition coefficient (Wildman–Crippen LogP) is 4.86. The van der Waals surface area contributed by atoms with E-state index in [-0.39, 0.29) is 5.75 Å². The first-order valence-electron chi connectivity index (χ1n) is 6.90. The van der Waals surface area contributed by atoms with Gasteiger partial charge in [-0.15, -0.1) is 0 Å². The van der Waals surface area contributed by atoms with Gasteiger partial charge in [-0.05, 0) is 44.5 Å². The number of rotatable bonds is 1. The second-order valence-corrected chi connectivity index (χ2v) is 5.16. The van der Waals surface area contributed by atoms with Crippen LogP contribution >= 0.6 is 0 Å². The largest absolute Gasteiger partial charge is 0.504 e. The second kappa shape index (κ2) is 4.38. The SMILES string of the molecule is COc1cc2c3ccccc3c3ccccc3c2cc1O. The summed E-state index contributed by atoms with van der Waals surface area (Å²) >= 11 is 0. The molecule has 102 valence electrons. The van der Waals surface area contributed by atoms with Crippen LogP contribution in [0.4, 0.5) is 0 Å². The molecule has 4 rings (SSSR count). The summed E-state index contributed by atoms with van der Waals surface area (Å²) in [5.74, 6) is 0.674. The van der Waals surface area contributed by atoms with Gasteiger partial charge in [0.05, 0.1) is 7.11 Å². The van der Waals surface area contributed by atoms with Crippen molar-refractivity contribution in [2.75, 3.05) is 7.11 Å². The smallest absolute Gasteiger partial charge is 0.161 e. The number of phenolic OH excluding ortho intramolecular Hbond substituents is 1. The van der Waals surface area contributed by atoms with Gasteiger partial charge in [-0.25, -0.2) is 0 Å². The maximum Gasteiger partial charge on any atom is 0.161 e. The lowest BCUT2D eigenvalue weighted by Crippen LogP contribution is -1.87. The molecule has 0 heterocycles. The van der Waals surface area contributed by atoms with Crippen molar-refractivity contribution in [3.05, 3.63) is 60.7 Å². The first kappa shape index (κ1) is 12.0. The van der Waals surface area contributed by atoms with Gasteiger partial charge in [0.25, 0.3) is 0 Å². The van der Waals surface area contributed by atoms with E-state index < -0.39 is 0 Å². The third-order valence-electron chi connectivity index (χ3n) is 4.04. The molecule has 0 unspecified atom stereocenters. The van der Waals surface area contributed by atoms with Gasteiger partial charge in [0.2, 0.25) is 0 Å². The van der Waals surface area contributed by atoms with E-state index in [1.54, 1.807) is 13.2 Å². The van der Waals surface area contributed by atoms with Crippen LogP contribution in [-0.4, -0.2) is 12.2 Å².